The Labute approximate surface area is 107 Å². The van der Waals surface area contributed by atoms with Crippen molar-refractivity contribution >= 4 is 11.8 Å². The fourth-order valence-corrected chi connectivity index (χ4v) is 3.01. The van der Waals surface area contributed by atoms with Gasteiger partial charge in [-0.2, -0.15) is 5.26 Å². The Morgan fingerprint density at radius 1 is 1.28 bits per heavy atom. The molecular weight excluding hydrogens is 230 g/mol. The molecule has 1 unspecified atom stereocenters. The molecule has 0 aromatic heterocycles. The minimum absolute atomic E-state index is 0.0894. The first-order chi connectivity index (χ1) is 8.59. The van der Waals surface area contributed by atoms with Gasteiger partial charge in [-0.1, -0.05) is 19.3 Å². The average molecular weight is 249 g/mol. The third-order valence-corrected chi connectivity index (χ3v) is 4.21. The standard InChI is InChI=1S/C13H19N3O2/c14-9-13(5-2-1-3-6-13)12(18)16-7-4-10(8-16)11(15)17/h10H,1-8H2,(H2,15,17). The van der Waals surface area contributed by atoms with E-state index in [0.717, 1.165) is 19.3 Å². The quantitative estimate of drug-likeness (QED) is 0.785. The molecule has 18 heavy (non-hydrogen) atoms. The third kappa shape index (κ3) is 2.20. The average Bonchev–Trinajstić information content (AvgIpc) is 2.88. The van der Waals surface area contributed by atoms with E-state index in [9.17, 15) is 14.9 Å². The van der Waals surface area contributed by atoms with E-state index in [-0.39, 0.29) is 17.7 Å². The van der Waals surface area contributed by atoms with E-state index in [1.54, 1.807) is 4.90 Å². The molecule has 98 valence electrons. The van der Waals surface area contributed by atoms with Crippen LogP contribution < -0.4 is 5.73 Å². The highest BCUT2D eigenvalue weighted by Gasteiger charge is 2.44. The second-order valence-corrected chi connectivity index (χ2v) is 5.39. The van der Waals surface area contributed by atoms with Gasteiger partial charge in [-0.05, 0) is 19.3 Å². The number of amides is 2. The van der Waals surface area contributed by atoms with Crippen molar-refractivity contribution in [1.29, 1.82) is 5.26 Å². The second kappa shape index (κ2) is 4.97. The lowest BCUT2D eigenvalue weighted by atomic mass is 9.74. The summed E-state index contributed by atoms with van der Waals surface area (Å²) in [5, 5.41) is 9.36. The number of hydrogen-bond acceptors (Lipinski definition) is 3. The van der Waals surface area contributed by atoms with Crippen LogP contribution >= 0.6 is 0 Å². The van der Waals surface area contributed by atoms with Crippen LogP contribution in [0.2, 0.25) is 0 Å². The molecule has 1 atom stereocenters. The van der Waals surface area contributed by atoms with Gasteiger partial charge in [0.2, 0.25) is 11.8 Å². The Hall–Kier alpha value is -1.57. The van der Waals surface area contributed by atoms with Crippen molar-refractivity contribution in [3.63, 3.8) is 0 Å². The molecule has 1 heterocycles. The monoisotopic (exact) mass is 249 g/mol. The summed E-state index contributed by atoms with van der Waals surface area (Å²) < 4.78 is 0. The first-order valence-electron chi connectivity index (χ1n) is 6.59. The van der Waals surface area contributed by atoms with Gasteiger partial charge >= 0.3 is 0 Å². The van der Waals surface area contributed by atoms with Gasteiger partial charge in [0.15, 0.2) is 0 Å². The summed E-state index contributed by atoms with van der Waals surface area (Å²) in [7, 11) is 0. The fourth-order valence-electron chi connectivity index (χ4n) is 3.01. The predicted molar refractivity (Wildman–Crippen MR) is 65.0 cm³/mol. The van der Waals surface area contributed by atoms with Crippen molar-refractivity contribution in [2.24, 2.45) is 17.1 Å². The lowest BCUT2D eigenvalue weighted by Gasteiger charge is -2.33. The van der Waals surface area contributed by atoms with Crippen LogP contribution in [-0.4, -0.2) is 29.8 Å². The first kappa shape index (κ1) is 12.9. The molecule has 2 amide bonds. The predicted octanol–water partition coefficient (Wildman–Crippen LogP) is 0.794. The second-order valence-electron chi connectivity index (χ2n) is 5.39. The molecular formula is C13H19N3O2. The first-order valence-corrected chi connectivity index (χ1v) is 6.59. The van der Waals surface area contributed by atoms with Crippen LogP contribution in [0.5, 0.6) is 0 Å². The Morgan fingerprint density at radius 3 is 2.44 bits per heavy atom. The van der Waals surface area contributed by atoms with E-state index in [1.807, 2.05) is 0 Å². The van der Waals surface area contributed by atoms with Gasteiger partial charge < -0.3 is 10.6 Å². The minimum atomic E-state index is -0.842. The number of hydrogen-bond donors (Lipinski definition) is 1. The number of rotatable bonds is 2. The van der Waals surface area contributed by atoms with Crippen LogP contribution in [0.1, 0.15) is 38.5 Å². The Bertz CT molecular complexity index is 394. The molecule has 1 saturated heterocycles. The normalized spacial score (nSPS) is 26.6. The van der Waals surface area contributed by atoms with Crippen molar-refractivity contribution < 1.29 is 9.59 Å². The van der Waals surface area contributed by atoms with Gasteiger partial charge in [0.1, 0.15) is 5.41 Å². The van der Waals surface area contributed by atoms with E-state index >= 15 is 0 Å². The Balaban J connectivity index is 2.07. The molecule has 2 fully saturated rings. The van der Waals surface area contributed by atoms with Gasteiger partial charge in [0.05, 0.1) is 12.0 Å². The minimum Gasteiger partial charge on any atom is -0.369 e. The SMILES string of the molecule is N#CC1(C(=O)N2CCC(C(N)=O)C2)CCCCC1. The molecule has 1 aliphatic heterocycles. The van der Waals surface area contributed by atoms with Gasteiger partial charge in [-0.15, -0.1) is 0 Å². The molecule has 0 aromatic carbocycles. The van der Waals surface area contributed by atoms with E-state index in [4.69, 9.17) is 5.73 Å². The molecule has 2 aliphatic rings. The topological polar surface area (TPSA) is 87.2 Å². The lowest BCUT2D eigenvalue weighted by Crippen LogP contribution is -2.44. The molecule has 0 aromatic rings. The summed E-state index contributed by atoms with van der Waals surface area (Å²) in [6.45, 7) is 0.938. The summed E-state index contributed by atoms with van der Waals surface area (Å²) in [6.07, 6.45) is 4.90. The molecule has 5 heteroatoms. The Kier molecular flexibility index (Phi) is 3.55. The number of nitrogens with two attached hydrogens (primary N) is 1. The number of nitrogens with zero attached hydrogens (tertiary/aromatic N) is 2. The number of likely N-dealkylation sites (tertiary alicyclic amines) is 1. The molecule has 0 radical (unpaired) electrons. The third-order valence-electron chi connectivity index (χ3n) is 4.21. The summed E-state index contributed by atoms with van der Waals surface area (Å²) in [4.78, 5) is 25.2. The van der Waals surface area contributed by atoms with E-state index in [1.165, 1.54) is 0 Å². The number of carbonyl (C=O) groups excluding carboxylic acids is 2. The molecule has 1 aliphatic carbocycles. The van der Waals surface area contributed by atoms with Gasteiger partial charge in [0.25, 0.3) is 0 Å². The van der Waals surface area contributed by atoms with Crippen molar-refractivity contribution in [1.82, 2.24) is 4.90 Å². The molecule has 0 spiro atoms. The van der Waals surface area contributed by atoms with Crippen LogP contribution in [0.3, 0.4) is 0 Å². The zero-order valence-corrected chi connectivity index (χ0v) is 10.5. The summed E-state index contributed by atoms with van der Waals surface area (Å²) in [5.74, 6) is -0.679. The summed E-state index contributed by atoms with van der Waals surface area (Å²) >= 11 is 0. The van der Waals surface area contributed by atoms with Gasteiger partial charge in [-0.25, -0.2) is 0 Å². The largest absolute Gasteiger partial charge is 0.369 e. The molecule has 0 bridgehead atoms. The van der Waals surface area contributed by atoms with Crippen LogP contribution in [0.4, 0.5) is 0 Å². The van der Waals surface area contributed by atoms with Crippen LogP contribution in [-0.2, 0) is 9.59 Å². The lowest BCUT2D eigenvalue weighted by molar-refractivity contribution is -0.139. The smallest absolute Gasteiger partial charge is 0.243 e. The highest BCUT2D eigenvalue weighted by Crippen LogP contribution is 2.38. The molecule has 5 nitrogen and oxygen atoms in total. The van der Waals surface area contributed by atoms with Crippen molar-refractivity contribution in [2.75, 3.05) is 13.1 Å². The highest BCUT2D eigenvalue weighted by atomic mass is 16.2. The zero-order chi connectivity index (χ0) is 13.2. The van der Waals surface area contributed by atoms with Crippen LogP contribution in [0.25, 0.3) is 0 Å². The maximum atomic E-state index is 12.5. The van der Waals surface area contributed by atoms with Crippen LogP contribution in [0.15, 0.2) is 0 Å². The van der Waals surface area contributed by atoms with Gasteiger partial charge in [0, 0.05) is 13.1 Å². The number of primary amides is 1. The van der Waals surface area contributed by atoms with Crippen molar-refractivity contribution in [3.05, 3.63) is 0 Å². The maximum absolute atomic E-state index is 12.5. The summed E-state index contributed by atoms with van der Waals surface area (Å²) in [6, 6.07) is 2.23. The zero-order valence-electron chi connectivity index (χ0n) is 10.5. The number of nitriles is 1. The summed E-state index contributed by atoms with van der Waals surface area (Å²) in [5.41, 5.74) is 4.42. The molecule has 2 N–H and O–H groups in total. The molecule has 2 rings (SSSR count). The maximum Gasteiger partial charge on any atom is 0.243 e. The molecule has 1 saturated carbocycles. The van der Waals surface area contributed by atoms with Crippen molar-refractivity contribution in [2.45, 2.75) is 38.5 Å². The Morgan fingerprint density at radius 2 is 1.94 bits per heavy atom. The highest BCUT2D eigenvalue weighted by molar-refractivity contribution is 5.87. The fraction of sp³-hybridized carbons (Fsp3) is 0.769. The van der Waals surface area contributed by atoms with E-state index < -0.39 is 5.41 Å². The van der Waals surface area contributed by atoms with E-state index in [0.29, 0.717) is 32.4 Å². The van der Waals surface area contributed by atoms with Gasteiger partial charge in [-0.3, -0.25) is 9.59 Å². The van der Waals surface area contributed by atoms with Crippen molar-refractivity contribution in [3.8, 4) is 6.07 Å². The van der Waals surface area contributed by atoms with E-state index in [2.05, 4.69) is 6.07 Å². The number of carbonyl (C=O) groups is 2. The van der Waals surface area contributed by atoms with Crippen LogP contribution in [0, 0.1) is 22.7 Å².